The number of hydrogen-bond donors (Lipinski definition) is 0. The van der Waals surface area contributed by atoms with Gasteiger partial charge >= 0.3 is 46.9 Å². The minimum absolute atomic E-state index is 0. The maximum absolute atomic E-state index is 6.05. The number of hydrogen-bond acceptors (Lipinski definition) is 6. The maximum atomic E-state index is 6.05. The second kappa shape index (κ2) is 28.0. The van der Waals surface area contributed by atoms with Crippen LogP contribution in [-0.4, -0.2) is 36.6 Å². The normalized spacial score (nSPS) is 21.2. The van der Waals surface area contributed by atoms with E-state index in [2.05, 4.69) is 18.2 Å². The zero-order valence-electron chi connectivity index (χ0n) is 37.1. The average Bonchev–Trinajstić information content (AvgIpc) is 3.29. The third kappa shape index (κ3) is 18.2. The first kappa shape index (κ1) is 48.4. The van der Waals surface area contributed by atoms with Crippen molar-refractivity contribution in [1.82, 2.24) is 0 Å². The van der Waals surface area contributed by atoms with Crippen molar-refractivity contribution in [3.8, 4) is 34.5 Å². The van der Waals surface area contributed by atoms with E-state index < -0.39 is 0 Å². The summed E-state index contributed by atoms with van der Waals surface area (Å²) in [6.45, 7) is 0. The Balaban J connectivity index is 0.000000152. The van der Waals surface area contributed by atoms with Gasteiger partial charge in [-0.15, -0.1) is 36.4 Å². The summed E-state index contributed by atoms with van der Waals surface area (Å²) < 4.78 is 36.3. The standard InChI is InChI=1S/3C18H25O2.Yb/c3*1-3-8-15(9-4-1)19-17-12-7-13-18(14-17)20-16-10-5-2-6-11-16;/h3*7,12-13,15-16H,1-6,8-11H2;/q3*-1;+3. The van der Waals surface area contributed by atoms with E-state index in [-0.39, 0.29) is 46.9 Å². The summed E-state index contributed by atoms with van der Waals surface area (Å²) in [5, 5.41) is 0. The third-order valence-electron chi connectivity index (χ3n) is 13.3. The van der Waals surface area contributed by atoms with Gasteiger partial charge in [0.1, 0.15) is 0 Å². The Bertz CT molecular complexity index is 1300. The van der Waals surface area contributed by atoms with Crippen LogP contribution in [0.2, 0.25) is 0 Å². The van der Waals surface area contributed by atoms with Gasteiger partial charge in [0.25, 0.3) is 0 Å². The molecule has 61 heavy (non-hydrogen) atoms. The van der Waals surface area contributed by atoms with Crippen LogP contribution in [0.3, 0.4) is 0 Å². The summed E-state index contributed by atoms with van der Waals surface area (Å²) in [6.07, 6.45) is 40.1. The Kier molecular flexibility index (Phi) is 22.2. The van der Waals surface area contributed by atoms with E-state index in [0.717, 1.165) is 34.5 Å². The molecule has 341 valence electrons. The van der Waals surface area contributed by atoms with Gasteiger partial charge in [-0.25, -0.2) is 0 Å². The van der Waals surface area contributed by atoms with Gasteiger partial charge < -0.3 is 28.4 Å². The van der Waals surface area contributed by atoms with Crippen molar-refractivity contribution in [1.29, 1.82) is 0 Å². The molecule has 0 amide bonds. The molecule has 6 aliphatic carbocycles. The average molecular weight is 993 g/mol. The van der Waals surface area contributed by atoms with Crippen molar-refractivity contribution in [2.45, 2.75) is 229 Å². The maximum Gasteiger partial charge on any atom is 3.00 e. The second-order valence-corrected chi connectivity index (χ2v) is 18.4. The number of rotatable bonds is 12. The molecule has 0 heterocycles. The van der Waals surface area contributed by atoms with Gasteiger partial charge in [-0.1, -0.05) is 56.7 Å². The van der Waals surface area contributed by atoms with Gasteiger partial charge in [-0.3, -0.25) is 0 Å². The van der Waals surface area contributed by atoms with Crippen molar-refractivity contribution < 1.29 is 75.3 Å². The van der Waals surface area contributed by atoms with Gasteiger partial charge in [-0.2, -0.15) is 18.2 Å². The fourth-order valence-electron chi connectivity index (χ4n) is 9.87. The molecule has 0 aliphatic heterocycles. The zero-order valence-corrected chi connectivity index (χ0v) is 38.8. The Morgan fingerprint density at radius 1 is 0.246 bits per heavy atom. The summed E-state index contributed by atoms with van der Waals surface area (Å²) in [6, 6.07) is 28.0. The van der Waals surface area contributed by atoms with Crippen LogP contribution >= 0.6 is 0 Å². The molecule has 9 rings (SSSR count). The van der Waals surface area contributed by atoms with Crippen molar-refractivity contribution in [3.05, 3.63) is 72.8 Å². The first-order chi connectivity index (χ1) is 29.7. The van der Waals surface area contributed by atoms with E-state index in [0.29, 0.717) is 36.6 Å². The molecular formula is C54H75O6Yb. The molecule has 3 aromatic rings. The predicted molar refractivity (Wildman–Crippen MR) is 241 cm³/mol. The van der Waals surface area contributed by atoms with E-state index in [1.807, 2.05) is 54.6 Å². The van der Waals surface area contributed by atoms with Crippen LogP contribution in [0.1, 0.15) is 193 Å². The molecule has 0 atom stereocenters. The smallest absolute Gasteiger partial charge is 0.516 e. The van der Waals surface area contributed by atoms with E-state index in [1.54, 1.807) is 0 Å². The Hall–Kier alpha value is -2.02. The summed E-state index contributed by atoms with van der Waals surface area (Å²) in [4.78, 5) is 0. The SMILES string of the molecule is [Yb+3].[c-]1c(OC2CCCCC2)cccc1OC1CCCCC1.[c-]1c(OC2CCCCC2)cccc1OC1CCCCC1.[c-]1c(OC2CCCCC2)cccc1OC1CCCCC1. The molecular weight excluding hydrogens is 918 g/mol. The first-order valence-corrected chi connectivity index (χ1v) is 24.8. The van der Waals surface area contributed by atoms with E-state index in [4.69, 9.17) is 28.4 Å². The zero-order chi connectivity index (χ0) is 40.9. The predicted octanol–water partition coefficient (Wildman–Crippen LogP) is 14.7. The van der Waals surface area contributed by atoms with Crippen molar-refractivity contribution in [3.63, 3.8) is 0 Å². The molecule has 6 saturated carbocycles. The largest absolute Gasteiger partial charge is 3.00 e. The van der Waals surface area contributed by atoms with Crippen molar-refractivity contribution >= 4 is 0 Å². The van der Waals surface area contributed by atoms with Gasteiger partial charge in [0.05, 0.1) is 36.6 Å². The van der Waals surface area contributed by atoms with E-state index in [1.165, 1.54) is 193 Å². The third-order valence-corrected chi connectivity index (χ3v) is 13.3. The summed E-state index contributed by atoms with van der Waals surface area (Å²) in [7, 11) is 0. The molecule has 3 aromatic carbocycles. The molecule has 0 aromatic heterocycles. The van der Waals surface area contributed by atoms with Crippen LogP contribution in [0.5, 0.6) is 34.5 Å². The van der Waals surface area contributed by atoms with Crippen LogP contribution in [0.15, 0.2) is 54.6 Å². The Labute approximate surface area is 408 Å². The molecule has 6 aliphatic rings. The molecule has 0 bridgehead atoms. The number of benzene rings is 3. The first-order valence-electron chi connectivity index (χ1n) is 24.8. The number of ether oxygens (including phenoxy) is 6. The van der Waals surface area contributed by atoms with Crippen LogP contribution in [0, 0.1) is 65.1 Å². The Morgan fingerprint density at radius 3 is 0.541 bits per heavy atom. The minimum Gasteiger partial charge on any atom is -0.516 e. The molecule has 0 N–H and O–H groups in total. The molecule has 7 heteroatoms. The second-order valence-electron chi connectivity index (χ2n) is 18.4. The monoisotopic (exact) mass is 993 g/mol. The van der Waals surface area contributed by atoms with Crippen LogP contribution in [-0.2, 0) is 0 Å². The van der Waals surface area contributed by atoms with Crippen LogP contribution in [0.4, 0.5) is 0 Å². The molecule has 0 spiro atoms. The summed E-state index contributed by atoms with van der Waals surface area (Å²) in [5.74, 6) is 5.11. The fraction of sp³-hybridized carbons (Fsp3) is 0.667. The van der Waals surface area contributed by atoms with Gasteiger partial charge in [0.2, 0.25) is 0 Å². The van der Waals surface area contributed by atoms with Crippen LogP contribution in [0.25, 0.3) is 0 Å². The van der Waals surface area contributed by atoms with E-state index >= 15 is 0 Å². The summed E-state index contributed by atoms with van der Waals surface area (Å²) >= 11 is 0. The minimum atomic E-state index is 0. The Morgan fingerprint density at radius 2 is 0.393 bits per heavy atom. The molecule has 0 unspecified atom stereocenters. The van der Waals surface area contributed by atoms with E-state index in [9.17, 15) is 0 Å². The van der Waals surface area contributed by atoms with Crippen LogP contribution < -0.4 is 28.4 Å². The molecule has 0 saturated heterocycles. The molecule has 1 radical (unpaired) electrons. The van der Waals surface area contributed by atoms with Gasteiger partial charge in [-0.05, 0) is 154 Å². The molecule has 6 nitrogen and oxygen atoms in total. The van der Waals surface area contributed by atoms with Crippen molar-refractivity contribution in [2.75, 3.05) is 0 Å². The van der Waals surface area contributed by atoms with Gasteiger partial charge in [0, 0.05) is 34.5 Å². The molecule has 6 fully saturated rings. The quantitative estimate of drug-likeness (QED) is 0.169. The fourth-order valence-corrected chi connectivity index (χ4v) is 9.87. The van der Waals surface area contributed by atoms with Gasteiger partial charge in [0.15, 0.2) is 0 Å². The van der Waals surface area contributed by atoms with Crippen molar-refractivity contribution in [2.24, 2.45) is 0 Å². The topological polar surface area (TPSA) is 55.4 Å². The summed E-state index contributed by atoms with van der Waals surface area (Å²) in [5.41, 5.74) is 0.